The molecule has 0 aliphatic heterocycles. The van der Waals surface area contributed by atoms with Crippen LogP contribution in [-0.4, -0.2) is 9.55 Å². The van der Waals surface area contributed by atoms with Crippen LogP contribution in [0.5, 0.6) is 0 Å². The Morgan fingerprint density at radius 2 is 1.87 bits per heavy atom. The van der Waals surface area contributed by atoms with Crippen LogP contribution in [0.4, 0.5) is 11.6 Å². The van der Waals surface area contributed by atoms with Crippen molar-refractivity contribution in [2.75, 3.05) is 5.32 Å². The highest BCUT2D eigenvalue weighted by atomic mass is 15.2. The zero-order valence-electron chi connectivity index (χ0n) is 18.7. The number of imidazole rings is 1. The first-order chi connectivity index (χ1) is 14.3. The summed E-state index contributed by atoms with van der Waals surface area (Å²) in [5.41, 5.74) is 5.31. The molecule has 0 bridgehead atoms. The second-order valence-corrected chi connectivity index (χ2v) is 10.1. The first-order valence-corrected chi connectivity index (χ1v) is 11.0. The Morgan fingerprint density at radius 1 is 1.13 bits per heavy atom. The van der Waals surface area contributed by atoms with Gasteiger partial charge in [0.25, 0.3) is 0 Å². The number of anilines is 2. The van der Waals surface area contributed by atoms with E-state index in [1.54, 1.807) is 0 Å². The van der Waals surface area contributed by atoms with Crippen molar-refractivity contribution in [3.63, 3.8) is 0 Å². The lowest BCUT2D eigenvalue weighted by Crippen LogP contribution is -2.29. The second kappa shape index (κ2) is 7.80. The van der Waals surface area contributed by atoms with Crippen LogP contribution in [0, 0.1) is 22.7 Å². The van der Waals surface area contributed by atoms with Gasteiger partial charge in [0.1, 0.15) is 0 Å². The van der Waals surface area contributed by atoms with Crippen molar-refractivity contribution in [2.24, 2.45) is 11.3 Å². The van der Waals surface area contributed by atoms with Crippen molar-refractivity contribution in [1.82, 2.24) is 9.55 Å². The fraction of sp³-hybridized carbons (Fsp3) is 0.462. The van der Waals surface area contributed by atoms with Crippen molar-refractivity contribution >= 4 is 22.7 Å². The standard InChI is InChI=1S/C26H32N4/c1-17(2)20-7-9-21(10-8-20)28-25-29-23-13-19(16-27)6-11-24(23)30(25)22-12-18(3)14-26(4,5)15-22/h6-11,13,17-18,22H,12,14-15H2,1-5H3,(H,28,29). The van der Waals surface area contributed by atoms with E-state index in [2.05, 4.69) is 80.9 Å². The Morgan fingerprint density at radius 3 is 2.50 bits per heavy atom. The fourth-order valence-corrected chi connectivity index (χ4v) is 5.20. The smallest absolute Gasteiger partial charge is 0.208 e. The minimum atomic E-state index is 0.307. The van der Waals surface area contributed by atoms with Crippen molar-refractivity contribution in [3.8, 4) is 6.07 Å². The molecule has 1 aliphatic rings. The van der Waals surface area contributed by atoms with Crippen LogP contribution >= 0.6 is 0 Å². The highest BCUT2D eigenvalue weighted by Gasteiger charge is 2.34. The SMILES string of the molecule is CC1CC(n2c(Nc3ccc(C(C)C)cc3)nc3cc(C#N)ccc32)CC(C)(C)C1. The molecule has 3 aromatic rings. The average molecular weight is 401 g/mol. The molecule has 1 aliphatic carbocycles. The van der Waals surface area contributed by atoms with Gasteiger partial charge in [-0.2, -0.15) is 5.26 Å². The number of nitrogens with one attached hydrogen (secondary N) is 1. The summed E-state index contributed by atoms with van der Waals surface area (Å²) in [4.78, 5) is 4.92. The molecule has 4 nitrogen and oxygen atoms in total. The predicted octanol–water partition coefficient (Wildman–Crippen LogP) is 7.16. The lowest BCUT2D eigenvalue weighted by Gasteiger charge is -2.40. The predicted molar refractivity (Wildman–Crippen MR) is 124 cm³/mol. The minimum Gasteiger partial charge on any atom is -0.326 e. The normalized spacial score (nSPS) is 21.0. The van der Waals surface area contributed by atoms with E-state index in [0.717, 1.165) is 35.5 Å². The summed E-state index contributed by atoms with van der Waals surface area (Å²) >= 11 is 0. The Bertz CT molecular complexity index is 1080. The first kappa shape index (κ1) is 20.5. The van der Waals surface area contributed by atoms with Crippen molar-refractivity contribution < 1.29 is 0 Å². The third kappa shape index (κ3) is 4.07. The lowest BCUT2D eigenvalue weighted by molar-refractivity contribution is 0.140. The maximum atomic E-state index is 9.33. The zero-order chi connectivity index (χ0) is 21.5. The van der Waals surface area contributed by atoms with E-state index in [4.69, 9.17) is 4.98 Å². The molecule has 0 saturated heterocycles. The lowest BCUT2D eigenvalue weighted by atomic mass is 9.70. The topological polar surface area (TPSA) is 53.6 Å². The maximum absolute atomic E-state index is 9.33. The van der Waals surface area contributed by atoms with Crippen LogP contribution < -0.4 is 5.32 Å². The largest absolute Gasteiger partial charge is 0.326 e. The van der Waals surface area contributed by atoms with E-state index in [1.165, 1.54) is 12.0 Å². The van der Waals surface area contributed by atoms with Gasteiger partial charge in [-0.15, -0.1) is 0 Å². The van der Waals surface area contributed by atoms with Gasteiger partial charge >= 0.3 is 0 Å². The number of nitriles is 1. The zero-order valence-corrected chi connectivity index (χ0v) is 18.7. The quantitative estimate of drug-likeness (QED) is 0.505. The minimum absolute atomic E-state index is 0.307. The number of fused-ring (bicyclic) bond motifs is 1. The molecular weight excluding hydrogens is 368 g/mol. The number of hydrogen-bond donors (Lipinski definition) is 1. The monoisotopic (exact) mass is 400 g/mol. The van der Waals surface area contributed by atoms with E-state index >= 15 is 0 Å². The number of rotatable bonds is 4. The summed E-state index contributed by atoms with van der Waals surface area (Å²) in [6.45, 7) is 11.5. The average Bonchev–Trinajstić information content (AvgIpc) is 3.03. The van der Waals surface area contributed by atoms with Crippen LogP contribution in [0.25, 0.3) is 11.0 Å². The van der Waals surface area contributed by atoms with Gasteiger partial charge in [-0.3, -0.25) is 0 Å². The summed E-state index contributed by atoms with van der Waals surface area (Å²) in [7, 11) is 0. The van der Waals surface area contributed by atoms with Gasteiger partial charge in [0, 0.05) is 11.7 Å². The van der Waals surface area contributed by atoms with Crippen LogP contribution in [-0.2, 0) is 0 Å². The van der Waals surface area contributed by atoms with Gasteiger partial charge in [0.15, 0.2) is 0 Å². The molecule has 156 valence electrons. The molecule has 4 heteroatoms. The third-order valence-electron chi connectivity index (χ3n) is 6.38. The van der Waals surface area contributed by atoms with Gasteiger partial charge in [-0.25, -0.2) is 4.98 Å². The number of benzene rings is 2. The molecule has 1 fully saturated rings. The summed E-state index contributed by atoms with van der Waals surface area (Å²) in [5.74, 6) is 2.05. The summed E-state index contributed by atoms with van der Waals surface area (Å²) in [5, 5.41) is 12.9. The molecule has 2 aromatic carbocycles. The van der Waals surface area contributed by atoms with Crippen LogP contribution in [0.3, 0.4) is 0 Å². The second-order valence-electron chi connectivity index (χ2n) is 10.1. The fourth-order valence-electron chi connectivity index (χ4n) is 5.20. The summed E-state index contributed by atoms with van der Waals surface area (Å²) in [6.07, 6.45) is 3.54. The Hall–Kier alpha value is -2.80. The molecule has 2 unspecified atom stereocenters. The van der Waals surface area contributed by atoms with Crippen LogP contribution in [0.1, 0.15) is 77.0 Å². The molecule has 4 rings (SSSR count). The van der Waals surface area contributed by atoms with E-state index < -0.39 is 0 Å². The Balaban J connectivity index is 1.77. The van der Waals surface area contributed by atoms with Gasteiger partial charge in [-0.05, 0) is 72.4 Å². The van der Waals surface area contributed by atoms with E-state index in [0.29, 0.717) is 28.9 Å². The van der Waals surface area contributed by atoms with Crippen molar-refractivity contribution in [1.29, 1.82) is 5.26 Å². The Labute approximate surface area is 179 Å². The number of nitrogens with zero attached hydrogens (tertiary/aromatic N) is 3. The highest BCUT2D eigenvalue weighted by molar-refractivity contribution is 5.81. The first-order valence-electron chi connectivity index (χ1n) is 11.0. The third-order valence-corrected chi connectivity index (χ3v) is 6.38. The molecular formula is C26H32N4. The number of hydrogen-bond acceptors (Lipinski definition) is 3. The molecule has 2 atom stereocenters. The Kier molecular flexibility index (Phi) is 5.32. The molecule has 0 radical (unpaired) electrons. The van der Waals surface area contributed by atoms with E-state index in [9.17, 15) is 5.26 Å². The molecule has 1 saturated carbocycles. The van der Waals surface area contributed by atoms with E-state index in [-0.39, 0.29) is 0 Å². The van der Waals surface area contributed by atoms with Crippen molar-refractivity contribution in [3.05, 3.63) is 53.6 Å². The highest BCUT2D eigenvalue weighted by Crippen LogP contribution is 2.46. The molecule has 1 heterocycles. The van der Waals surface area contributed by atoms with Gasteiger partial charge in [0.05, 0.1) is 22.7 Å². The van der Waals surface area contributed by atoms with Gasteiger partial charge in [0.2, 0.25) is 5.95 Å². The van der Waals surface area contributed by atoms with Crippen LogP contribution in [0.15, 0.2) is 42.5 Å². The molecule has 0 amide bonds. The van der Waals surface area contributed by atoms with Gasteiger partial charge < -0.3 is 9.88 Å². The molecule has 0 spiro atoms. The van der Waals surface area contributed by atoms with Gasteiger partial charge in [-0.1, -0.05) is 46.8 Å². The number of aromatic nitrogens is 2. The molecule has 1 aromatic heterocycles. The van der Waals surface area contributed by atoms with Crippen molar-refractivity contribution in [2.45, 2.75) is 65.8 Å². The van der Waals surface area contributed by atoms with Crippen LogP contribution in [0.2, 0.25) is 0 Å². The molecule has 1 N–H and O–H groups in total. The van der Waals surface area contributed by atoms with E-state index in [1.807, 2.05) is 12.1 Å². The maximum Gasteiger partial charge on any atom is 0.208 e. The molecule has 30 heavy (non-hydrogen) atoms. The summed E-state index contributed by atoms with van der Waals surface area (Å²) < 4.78 is 2.38. The summed E-state index contributed by atoms with van der Waals surface area (Å²) in [6, 6.07) is 17.1.